The van der Waals surface area contributed by atoms with Gasteiger partial charge < -0.3 is 4.74 Å². The first-order chi connectivity index (χ1) is 8.76. The van der Waals surface area contributed by atoms with Gasteiger partial charge in [-0.1, -0.05) is 38.2 Å². The SMILES string of the molecule is C=CCN(C#CC#CCCCCCC)C(=O)OC. The molecule has 0 aromatic heterocycles. The van der Waals surface area contributed by atoms with Gasteiger partial charge in [-0.2, -0.15) is 0 Å². The summed E-state index contributed by atoms with van der Waals surface area (Å²) in [6.45, 7) is 6.06. The van der Waals surface area contributed by atoms with Crippen LogP contribution in [0, 0.1) is 23.8 Å². The molecule has 0 spiro atoms. The number of methoxy groups -OCH3 is 1. The summed E-state index contributed by atoms with van der Waals surface area (Å²) in [6, 6.07) is 2.64. The standard InChI is InChI=1S/C15H21NO2/c1-4-6-7-8-9-10-11-12-14-16(13-5-2)15(17)18-3/h5H,2,4,6-9,13H2,1,3H3. The Bertz CT molecular complexity index is 365. The summed E-state index contributed by atoms with van der Waals surface area (Å²) in [7, 11) is 1.32. The van der Waals surface area contributed by atoms with Gasteiger partial charge in [0, 0.05) is 18.4 Å². The molecule has 0 unspecified atom stereocenters. The van der Waals surface area contributed by atoms with Gasteiger partial charge in [-0.15, -0.1) is 6.58 Å². The van der Waals surface area contributed by atoms with Gasteiger partial charge in [0.2, 0.25) is 0 Å². The highest BCUT2D eigenvalue weighted by Crippen LogP contribution is 2.00. The zero-order valence-electron chi connectivity index (χ0n) is 11.3. The minimum atomic E-state index is -0.493. The molecule has 0 atom stereocenters. The third kappa shape index (κ3) is 8.30. The van der Waals surface area contributed by atoms with Crippen LogP contribution in [0.4, 0.5) is 4.79 Å². The van der Waals surface area contributed by atoms with Crippen molar-refractivity contribution in [3.63, 3.8) is 0 Å². The maximum atomic E-state index is 11.2. The quantitative estimate of drug-likeness (QED) is 0.312. The highest BCUT2D eigenvalue weighted by molar-refractivity contribution is 5.70. The molecule has 0 aromatic rings. The van der Waals surface area contributed by atoms with Crippen molar-refractivity contribution in [2.75, 3.05) is 13.7 Å². The molecule has 0 rings (SSSR count). The van der Waals surface area contributed by atoms with Gasteiger partial charge in [0.05, 0.1) is 13.7 Å². The van der Waals surface area contributed by atoms with Crippen LogP contribution in [0.1, 0.15) is 39.0 Å². The van der Waals surface area contributed by atoms with Crippen molar-refractivity contribution in [3.05, 3.63) is 12.7 Å². The molecule has 98 valence electrons. The second-order valence-corrected chi connectivity index (χ2v) is 3.72. The highest BCUT2D eigenvalue weighted by Gasteiger charge is 2.07. The number of nitrogens with zero attached hydrogens (tertiary/aromatic N) is 1. The first-order valence-corrected chi connectivity index (χ1v) is 6.21. The zero-order chi connectivity index (χ0) is 13.6. The molecular weight excluding hydrogens is 226 g/mol. The summed E-state index contributed by atoms with van der Waals surface area (Å²) in [5.74, 6) is 8.35. The monoisotopic (exact) mass is 247 g/mol. The predicted octanol–water partition coefficient (Wildman–Crippen LogP) is 3.18. The van der Waals surface area contributed by atoms with Crippen LogP contribution in [0.25, 0.3) is 0 Å². The average Bonchev–Trinajstić information content (AvgIpc) is 2.39. The zero-order valence-corrected chi connectivity index (χ0v) is 11.3. The van der Waals surface area contributed by atoms with E-state index in [1.807, 2.05) is 0 Å². The average molecular weight is 247 g/mol. The third-order valence-corrected chi connectivity index (χ3v) is 2.20. The first kappa shape index (κ1) is 16.1. The number of amides is 1. The van der Waals surface area contributed by atoms with Crippen LogP contribution in [-0.2, 0) is 4.74 Å². The topological polar surface area (TPSA) is 29.5 Å². The molecule has 0 saturated heterocycles. The normalized spacial score (nSPS) is 8.33. The summed E-state index contributed by atoms with van der Waals surface area (Å²) < 4.78 is 4.58. The molecule has 18 heavy (non-hydrogen) atoms. The first-order valence-electron chi connectivity index (χ1n) is 6.21. The van der Waals surface area contributed by atoms with Crippen molar-refractivity contribution in [2.45, 2.75) is 39.0 Å². The van der Waals surface area contributed by atoms with Gasteiger partial charge in [-0.3, -0.25) is 0 Å². The van der Waals surface area contributed by atoms with Gasteiger partial charge in [-0.05, 0) is 12.3 Å². The van der Waals surface area contributed by atoms with E-state index in [0.29, 0.717) is 6.54 Å². The van der Waals surface area contributed by atoms with Crippen LogP contribution < -0.4 is 0 Å². The van der Waals surface area contributed by atoms with Crippen molar-refractivity contribution in [1.82, 2.24) is 4.90 Å². The van der Waals surface area contributed by atoms with Gasteiger partial charge >= 0.3 is 6.09 Å². The summed E-state index contributed by atoms with van der Waals surface area (Å²) in [6.07, 6.45) is 6.75. The number of ether oxygens (including phenoxy) is 1. The predicted molar refractivity (Wildman–Crippen MR) is 73.6 cm³/mol. The molecule has 0 aliphatic carbocycles. The lowest BCUT2D eigenvalue weighted by molar-refractivity contribution is 0.146. The van der Waals surface area contributed by atoms with E-state index in [9.17, 15) is 4.79 Å². The lowest BCUT2D eigenvalue weighted by atomic mass is 10.2. The van der Waals surface area contributed by atoms with E-state index < -0.39 is 6.09 Å². The molecule has 0 aliphatic heterocycles. The fraction of sp³-hybridized carbons (Fsp3) is 0.533. The Morgan fingerprint density at radius 1 is 1.33 bits per heavy atom. The van der Waals surface area contributed by atoms with E-state index in [4.69, 9.17) is 0 Å². The van der Waals surface area contributed by atoms with Crippen molar-refractivity contribution in [3.8, 4) is 23.8 Å². The van der Waals surface area contributed by atoms with Crippen LogP contribution in [0.3, 0.4) is 0 Å². The molecular formula is C15H21NO2. The van der Waals surface area contributed by atoms with E-state index in [-0.39, 0.29) is 0 Å². The molecule has 0 saturated carbocycles. The Balaban J connectivity index is 4.07. The summed E-state index contributed by atoms with van der Waals surface area (Å²) in [5, 5.41) is 0. The summed E-state index contributed by atoms with van der Waals surface area (Å²) in [4.78, 5) is 12.5. The highest BCUT2D eigenvalue weighted by atomic mass is 16.5. The Kier molecular flexibility index (Phi) is 10.4. The molecule has 0 aliphatic rings. The fourth-order valence-electron chi connectivity index (χ4n) is 1.25. The van der Waals surface area contributed by atoms with Crippen LogP contribution in [-0.4, -0.2) is 24.6 Å². The Hall–Kier alpha value is -1.87. The van der Waals surface area contributed by atoms with Crippen molar-refractivity contribution < 1.29 is 9.53 Å². The van der Waals surface area contributed by atoms with Crippen LogP contribution in [0.5, 0.6) is 0 Å². The lowest BCUT2D eigenvalue weighted by Gasteiger charge is -2.09. The third-order valence-electron chi connectivity index (χ3n) is 2.20. The number of carbonyl (C=O) groups is 1. The van der Waals surface area contributed by atoms with Crippen LogP contribution >= 0.6 is 0 Å². The molecule has 0 N–H and O–H groups in total. The molecule has 0 bridgehead atoms. The number of rotatable bonds is 6. The number of unbranched alkanes of at least 4 members (excludes halogenated alkanes) is 4. The Morgan fingerprint density at radius 3 is 2.72 bits per heavy atom. The fourth-order valence-corrected chi connectivity index (χ4v) is 1.25. The maximum absolute atomic E-state index is 11.2. The van der Waals surface area contributed by atoms with E-state index >= 15 is 0 Å². The van der Waals surface area contributed by atoms with E-state index in [1.165, 1.54) is 31.3 Å². The second kappa shape index (κ2) is 11.6. The minimum absolute atomic E-state index is 0.331. The van der Waals surface area contributed by atoms with Crippen molar-refractivity contribution >= 4 is 6.09 Å². The van der Waals surface area contributed by atoms with Gasteiger partial charge in [-0.25, -0.2) is 9.69 Å². The van der Waals surface area contributed by atoms with Gasteiger partial charge in [0.25, 0.3) is 0 Å². The van der Waals surface area contributed by atoms with Gasteiger partial charge in [0.1, 0.15) is 0 Å². The second-order valence-electron chi connectivity index (χ2n) is 3.72. The molecule has 1 amide bonds. The molecule has 0 radical (unpaired) electrons. The Morgan fingerprint density at radius 2 is 2.11 bits per heavy atom. The number of hydrogen-bond donors (Lipinski definition) is 0. The van der Waals surface area contributed by atoms with Crippen molar-refractivity contribution in [1.29, 1.82) is 0 Å². The minimum Gasteiger partial charge on any atom is -0.452 e. The van der Waals surface area contributed by atoms with Crippen LogP contribution in [0.15, 0.2) is 12.7 Å². The smallest absolute Gasteiger partial charge is 0.421 e. The van der Waals surface area contributed by atoms with Crippen LogP contribution in [0.2, 0.25) is 0 Å². The molecule has 0 fully saturated rings. The van der Waals surface area contributed by atoms with Crippen molar-refractivity contribution in [2.24, 2.45) is 0 Å². The van der Waals surface area contributed by atoms with E-state index in [2.05, 4.69) is 42.0 Å². The lowest BCUT2D eigenvalue weighted by Crippen LogP contribution is -2.25. The van der Waals surface area contributed by atoms with E-state index in [0.717, 1.165) is 12.8 Å². The van der Waals surface area contributed by atoms with Gasteiger partial charge in [0.15, 0.2) is 0 Å². The molecule has 0 heterocycles. The van der Waals surface area contributed by atoms with E-state index in [1.54, 1.807) is 6.08 Å². The molecule has 3 heteroatoms. The number of carbonyl (C=O) groups excluding carboxylic acids is 1. The largest absolute Gasteiger partial charge is 0.452 e. The number of hydrogen-bond acceptors (Lipinski definition) is 2. The molecule has 0 aromatic carbocycles. The summed E-state index contributed by atoms with van der Waals surface area (Å²) >= 11 is 0. The maximum Gasteiger partial charge on any atom is 0.421 e. The Labute approximate surface area is 110 Å². The molecule has 3 nitrogen and oxygen atoms in total. The summed E-state index contributed by atoms with van der Waals surface area (Å²) in [5.41, 5.74) is 0.